The normalized spacial score (nSPS) is 14.8. The molecule has 1 saturated carbocycles. The Labute approximate surface area is 118 Å². The minimum absolute atomic E-state index is 0.0240. The number of nitrogens with zero attached hydrogens (tertiary/aromatic N) is 2. The van der Waals surface area contributed by atoms with Gasteiger partial charge in [-0.2, -0.15) is 13.2 Å². The Kier molecular flexibility index (Phi) is 3.29. The van der Waals surface area contributed by atoms with E-state index in [1.165, 1.54) is 11.0 Å². The van der Waals surface area contributed by atoms with Gasteiger partial charge in [-0.15, -0.1) is 0 Å². The fourth-order valence-electron chi connectivity index (χ4n) is 2.08. The first-order chi connectivity index (χ1) is 9.58. The van der Waals surface area contributed by atoms with Crippen LogP contribution in [0, 0.1) is 5.92 Å². The molecule has 106 valence electrons. The van der Waals surface area contributed by atoms with E-state index in [1.807, 2.05) is 0 Å². The fourth-order valence-corrected chi connectivity index (χ4v) is 2.90. The number of hydrogen-bond donors (Lipinski definition) is 0. The third kappa shape index (κ3) is 2.33. The lowest BCUT2D eigenvalue weighted by atomic mass is 10.2. The summed E-state index contributed by atoms with van der Waals surface area (Å²) < 4.78 is 34.4. The van der Waals surface area contributed by atoms with Crippen LogP contribution in [0.5, 0.6) is 5.75 Å². The summed E-state index contributed by atoms with van der Waals surface area (Å²) in [4.78, 5) is 13.5. The highest BCUT2D eigenvalue weighted by atomic mass is 32.1. The summed E-state index contributed by atoms with van der Waals surface area (Å²) in [5.41, 5.74) is 0. The molecular weight excluding hydrogens is 286 g/mol. The summed E-state index contributed by atoms with van der Waals surface area (Å²) >= 11 is 1.16. The predicted octanol–water partition coefficient (Wildman–Crippen LogP) is 3.27. The average Bonchev–Trinajstić information content (AvgIpc) is 3.16. The van der Waals surface area contributed by atoms with E-state index in [2.05, 4.69) is 9.11 Å². The number of ether oxygens (including phenoxy) is 1. The van der Waals surface area contributed by atoms with Crippen LogP contribution in [0.25, 0.3) is 10.1 Å². The summed E-state index contributed by atoms with van der Waals surface area (Å²) in [5, 5.41) is 0.467. The van der Waals surface area contributed by atoms with Crippen LogP contribution in [0.4, 0.5) is 14.6 Å². The molecule has 0 saturated heterocycles. The second kappa shape index (κ2) is 4.97. The third-order valence-corrected chi connectivity index (χ3v) is 4.03. The molecule has 1 aromatic heterocycles. The molecule has 0 radical (unpaired) electrons. The molecule has 1 aliphatic rings. The van der Waals surface area contributed by atoms with E-state index in [-0.39, 0.29) is 17.6 Å². The maximum atomic E-state index is 12.5. The largest absolute Gasteiger partial charge is 0.434 e. The van der Waals surface area contributed by atoms with E-state index < -0.39 is 6.61 Å². The summed E-state index contributed by atoms with van der Waals surface area (Å²) in [6.07, 6.45) is 1.76. The van der Waals surface area contributed by atoms with Crippen molar-refractivity contribution in [2.45, 2.75) is 19.5 Å². The number of carbonyl (C=O) groups is 1. The van der Waals surface area contributed by atoms with Crippen LogP contribution in [-0.2, 0) is 4.79 Å². The molecule has 1 aliphatic carbocycles. The maximum absolute atomic E-state index is 12.5. The number of carbonyl (C=O) groups excluding carboxylic acids is 1. The zero-order chi connectivity index (χ0) is 14.3. The van der Waals surface area contributed by atoms with Gasteiger partial charge >= 0.3 is 6.61 Å². The monoisotopic (exact) mass is 298 g/mol. The van der Waals surface area contributed by atoms with Crippen molar-refractivity contribution in [2.24, 2.45) is 5.92 Å². The number of fused-ring (bicyclic) bond motifs is 1. The number of rotatable bonds is 4. The van der Waals surface area contributed by atoms with Crippen molar-refractivity contribution in [2.75, 3.05) is 11.9 Å². The molecular formula is C13H12F2N2O2S. The van der Waals surface area contributed by atoms with Gasteiger partial charge in [0.15, 0.2) is 5.82 Å². The minimum Gasteiger partial charge on any atom is -0.434 e. The average molecular weight is 298 g/mol. The Morgan fingerprint density at radius 3 is 2.90 bits per heavy atom. The Balaban J connectivity index is 2.04. The van der Waals surface area contributed by atoms with Gasteiger partial charge in [-0.25, -0.2) is 0 Å². The summed E-state index contributed by atoms with van der Waals surface area (Å²) in [6, 6.07) is 4.86. The van der Waals surface area contributed by atoms with Gasteiger partial charge in [-0.05, 0) is 36.5 Å². The number of alkyl halides is 2. The van der Waals surface area contributed by atoms with Gasteiger partial charge in [0.1, 0.15) is 5.75 Å². The maximum Gasteiger partial charge on any atom is 0.387 e. The number of anilines is 1. The van der Waals surface area contributed by atoms with Crippen molar-refractivity contribution in [3.8, 4) is 5.75 Å². The SMILES string of the molecule is CN(C(=O)C1CC1)c1nsc2cccc(OC(F)F)c12. The number of hydrogen-bond acceptors (Lipinski definition) is 4. The summed E-state index contributed by atoms with van der Waals surface area (Å²) in [5.74, 6) is 0.457. The number of halogens is 2. The predicted molar refractivity (Wildman–Crippen MR) is 72.4 cm³/mol. The van der Waals surface area contributed by atoms with Gasteiger partial charge in [-0.3, -0.25) is 9.69 Å². The summed E-state index contributed by atoms with van der Waals surface area (Å²) in [6.45, 7) is -2.90. The fraction of sp³-hybridized carbons (Fsp3) is 0.385. The molecule has 2 aromatic rings. The summed E-state index contributed by atoms with van der Waals surface area (Å²) in [7, 11) is 1.62. The third-order valence-electron chi connectivity index (χ3n) is 3.23. The molecule has 3 rings (SSSR count). The molecule has 0 aliphatic heterocycles. The van der Waals surface area contributed by atoms with Gasteiger partial charge < -0.3 is 4.74 Å². The van der Waals surface area contributed by atoms with Crippen molar-refractivity contribution in [1.29, 1.82) is 0 Å². The molecule has 0 atom stereocenters. The Morgan fingerprint density at radius 2 is 2.25 bits per heavy atom. The molecule has 7 heteroatoms. The van der Waals surface area contributed by atoms with E-state index in [0.29, 0.717) is 15.9 Å². The molecule has 0 bridgehead atoms. The van der Waals surface area contributed by atoms with Gasteiger partial charge in [0.25, 0.3) is 0 Å². The van der Waals surface area contributed by atoms with Crippen LogP contribution in [-0.4, -0.2) is 23.9 Å². The van der Waals surface area contributed by atoms with Crippen LogP contribution in [0.3, 0.4) is 0 Å². The van der Waals surface area contributed by atoms with Crippen molar-refractivity contribution in [1.82, 2.24) is 4.37 Å². The first-order valence-corrected chi connectivity index (χ1v) is 6.96. The Hall–Kier alpha value is -1.76. The molecule has 1 fully saturated rings. The standard InChI is InChI=1S/C13H12F2N2O2S/c1-17(12(18)7-5-6-7)11-10-8(19-13(14)15)3-2-4-9(10)20-16-11/h2-4,7,13H,5-6H2,1H3. The second-order valence-corrected chi connectivity index (χ2v) is 5.49. The van der Waals surface area contributed by atoms with E-state index in [9.17, 15) is 13.6 Å². The van der Waals surface area contributed by atoms with Crippen LogP contribution < -0.4 is 9.64 Å². The van der Waals surface area contributed by atoms with Crippen molar-refractivity contribution >= 4 is 33.3 Å². The van der Waals surface area contributed by atoms with Crippen LogP contribution >= 0.6 is 11.5 Å². The van der Waals surface area contributed by atoms with E-state index in [4.69, 9.17) is 0 Å². The van der Waals surface area contributed by atoms with Gasteiger partial charge in [0, 0.05) is 13.0 Å². The highest BCUT2D eigenvalue weighted by Crippen LogP contribution is 2.39. The highest BCUT2D eigenvalue weighted by molar-refractivity contribution is 7.13. The van der Waals surface area contributed by atoms with E-state index >= 15 is 0 Å². The van der Waals surface area contributed by atoms with Crippen molar-refractivity contribution in [3.63, 3.8) is 0 Å². The molecule has 4 nitrogen and oxygen atoms in total. The number of amides is 1. The highest BCUT2D eigenvalue weighted by Gasteiger charge is 2.34. The second-order valence-electron chi connectivity index (χ2n) is 4.69. The molecule has 20 heavy (non-hydrogen) atoms. The van der Waals surface area contributed by atoms with Gasteiger partial charge in [0.05, 0.1) is 10.1 Å². The van der Waals surface area contributed by atoms with Crippen molar-refractivity contribution in [3.05, 3.63) is 18.2 Å². The zero-order valence-corrected chi connectivity index (χ0v) is 11.5. The minimum atomic E-state index is -2.90. The Bertz CT molecular complexity index is 655. The first kappa shape index (κ1) is 13.2. The lowest BCUT2D eigenvalue weighted by Gasteiger charge is -2.15. The quantitative estimate of drug-likeness (QED) is 0.870. The molecule has 1 aromatic carbocycles. The lowest BCUT2D eigenvalue weighted by Crippen LogP contribution is -2.28. The smallest absolute Gasteiger partial charge is 0.387 e. The van der Waals surface area contributed by atoms with Gasteiger partial charge in [0.2, 0.25) is 5.91 Å². The number of benzene rings is 1. The molecule has 1 heterocycles. The number of aromatic nitrogens is 1. The first-order valence-electron chi connectivity index (χ1n) is 6.18. The van der Waals surface area contributed by atoms with Gasteiger partial charge in [-0.1, -0.05) is 6.07 Å². The van der Waals surface area contributed by atoms with Crippen LogP contribution in [0.2, 0.25) is 0 Å². The molecule has 1 amide bonds. The van der Waals surface area contributed by atoms with Crippen molar-refractivity contribution < 1.29 is 18.3 Å². The topological polar surface area (TPSA) is 42.4 Å². The van der Waals surface area contributed by atoms with Crippen LogP contribution in [0.1, 0.15) is 12.8 Å². The Morgan fingerprint density at radius 1 is 1.50 bits per heavy atom. The molecule has 0 unspecified atom stereocenters. The van der Waals surface area contributed by atoms with E-state index in [0.717, 1.165) is 24.4 Å². The van der Waals surface area contributed by atoms with E-state index in [1.54, 1.807) is 19.2 Å². The molecule has 0 N–H and O–H groups in total. The molecule has 0 spiro atoms. The van der Waals surface area contributed by atoms with Crippen LogP contribution in [0.15, 0.2) is 18.2 Å². The lowest BCUT2D eigenvalue weighted by molar-refractivity contribution is -0.119. The zero-order valence-electron chi connectivity index (χ0n) is 10.7.